The first-order chi connectivity index (χ1) is 5.95. The number of nitrogens with two attached hydrogens (primary N) is 2. The summed E-state index contributed by atoms with van der Waals surface area (Å²) in [7, 11) is -3.75. The van der Waals surface area contributed by atoms with E-state index < -0.39 is 10.0 Å². The fourth-order valence-corrected chi connectivity index (χ4v) is 1.99. The predicted molar refractivity (Wildman–Crippen MR) is 58.0 cm³/mol. The van der Waals surface area contributed by atoms with Crippen LogP contribution in [0.5, 0.6) is 0 Å². The van der Waals surface area contributed by atoms with E-state index in [1.165, 1.54) is 12.1 Å². The van der Waals surface area contributed by atoms with Crippen LogP contribution in [0.2, 0.25) is 5.02 Å². The number of hydrogen-bond acceptors (Lipinski definition) is 3. The molecule has 14 heavy (non-hydrogen) atoms. The molecule has 4 nitrogen and oxygen atoms in total. The minimum Gasteiger partial charge on any atom is -0.326 e. The first-order valence-corrected chi connectivity index (χ1v) is 5.39. The molecule has 0 saturated heterocycles. The van der Waals surface area contributed by atoms with Crippen molar-refractivity contribution >= 4 is 34.0 Å². The first kappa shape index (κ1) is 13.7. The molecule has 1 rings (SSSR count). The molecule has 0 aliphatic carbocycles. The Kier molecular flexibility index (Phi) is 4.83. The third kappa shape index (κ3) is 3.11. The molecular weight excluding hydrogens is 247 g/mol. The second-order valence-corrected chi connectivity index (χ2v) is 4.45. The van der Waals surface area contributed by atoms with Gasteiger partial charge in [-0.05, 0) is 17.7 Å². The van der Waals surface area contributed by atoms with Crippen LogP contribution in [-0.2, 0) is 16.6 Å². The van der Waals surface area contributed by atoms with E-state index in [1.54, 1.807) is 6.07 Å². The Morgan fingerprint density at radius 3 is 2.36 bits per heavy atom. The molecule has 0 aliphatic rings. The summed E-state index contributed by atoms with van der Waals surface area (Å²) in [6.07, 6.45) is 0. The van der Waals surface area contributed by atoms with Crippen molar-refractivity contribution in [1.82, 2.24) is 0 Å². The normalized spacial score (nSPS) is 10.8. The number of benzene rings is 1. The van der Waals surface area contributed by atoms with Crippen molar-refractivity contribution in [2.75, 3.05) is 0 Å². The lowest BCUT2D eigenvalue weighted by atomic mass is 10.2. The first-order valence-electron chi connectivity index (χ1n) is 3.46. The summed E-state index contributed by atoms with van der Waals surface area (Å²) in [6, 6.07) is 4.48. The molecule has 0 atom stereocenters. The van der Waals surface area contributed by atoms with Crippen molar-refractivity contribution < 1.29 is 8.42 Å². The van der Waals surface area contributed by atoms with E-state index in [9.17, 15) is 8.42 Å². The molecule has 0 unspecified atom stereocenters. The maximum Gasteiger partial charge on any atom is 0.239 e. The molecule has 1 aromatic rings. The molecule has 7 heteroatoms. The van der Waals surface area contributed by atoms with E-state index in [0.29, 0.717) is 5.56 Å². The van der Waals surface area contributed by atoms with Crippen LogP contribution in [0.25, 0.3) is 0 Å². The average Bonchev–Trinajstić information content (AvgIpc) is 2.03. The highest BCUT2D eigenvalue weighted by atomic mass is 35.5. The summed E-state index contributed by atoms with van der Waals surface area (Å²) in [6.45, 7) is 0.250. The van der Waals surface area contributed by atoms with Crippen molar-refractivity contribution in [3.05, 3.63) is 28.8 Å². The van der Waals surface area contributed by atoms with Crippen LogP contribution in [-0.4, -0.2) is 8.42 Å². The Bertz CT molecular complexity index is 420. The van der Waals surface area contributed by atoms with Crippen LogP contribution < -0.4 is 10.9 Å². The molecule has 80 valence electrons. The van der Waals surface area contributed by atoms with Gasteiger partial charge < -0.3 is 5.73 Å². The molecule has 0 aliphatic heterocycles. The molecule has 0 heterocycles. The van der Waals surface area contributed by atoms with Crippen molar-refractivity contribution in [3.8, 4) is 0 Å². The van der Waals surface area contributed by atoms with Crippen LogP contribution in [0.1, 0.15) is 5.56 Å². The minimum absolute atomic E-state index is 0. The third-order valence-corrected chi connectivity index (χ3v) is 2.93. The standard InChI is InChI=1S/C7H9ClN2O2S.ClH/c8-6-2-1-5(4-9)3-7(6)13(10,11)12;/h1-3H,4,9H2,(H2,10,11,12);1H. The van der Waals surface area contributed by atoms with E-state index in [-0.39, 0.29) is 28.9 Å². The zero-order chi connectivity index (χ0) is 10.1. The number of primary sulfonamides is 1. The van der Waals surface area contributed by atoms with Crippen molar-refractivity contribution in [2.45, 2.75) is 11.4 Å². The number of rotatable bonds is 2. The smallest absolute Gasteiger partial charge is 0.239 e. The molecule has 1 aromatic carbocycles. The highest BCUT2D eigenvalue weighted by molar-refractivity contribution is 7.89. The molecule has 0 bridgehead atoms. The maximum atomic E-state index is 11.0. The van der Waals surface area contributed by atoms with Gasteiger partial charge in [-0.15, -0.1) is 12.4 Å². The topological polar surface area (TPSA) is 86.2 Å². The van der Waals surface area contributed by atoms with Gasteiger partial charge in [0, 0.05) is 6.54 Å². The summed E-state index contributed by atoms with van der Waals surface area (Å²) >= 11 is 5.64. The lowest BCUT2D eigenvalue weighted by molar-refractivity contribution is 0.597. The summed E-state index contributed by atoms with van der Waals surface area (Å²) in [5.41, 5.74) is 6.01. The van der Waals surface area contributed by atoms with Gasteiger partial charge in [0.25, 0.3) is 0 Å². The third-order valence-electron chi connectivity index (χ3n) is 1.54. The van der Waals surface area contributed by atoms with Gasteiger partial charge in [0.1, 0.15) is 4.90 Å². The van der Waals surface area contributed by atoms with E-state index in [4.69, 9.17) is 22.5 Å². The van der Waals surface area contributed by atoms with E-state index in [1.807, 2.05) is 0 Å². The lowest BCUT2D eigenvalue weighted by Gasteiger charge is -2.03. The van der Waals surface area contributed by atoms with Crippen LogP contribution >= 0.6 is 24.0 Å². The number of hydrogen-bond donors (Lipinski definition) is 2. The predicted octanol–water partition coefficient (Wildman–Crippen LogP) is 0.868. The summed E-state index contributed by atoms with van der Waals surface area (Å²) in [5.74, 6) is 0. The fourth-order valence-electron chi connectivity index (χ4n) is 0.893. The highest BCUT2D eigenvalue weighted by Crippen LogP contribution is 2.20. The Morgan fingerprint density at radius 2 is 1.93 bits per heavy atom. The van der Waals surface area contributed by atoms with Crippen molar-refractivity contribution in [2.24, 2.45) is 10.9 Å². The van der Waals surface area contributed by atoms with Crippen LogP contribution in [0.4, 0.5) is 0 Å². The molecule has 0 fully saturated rings. The maximum absolute atomic E-state index is 11.0. The zero-order valence-corrected chi connectivity index (χ0v) is 9.49. The van der Waals surface area contributed by atoms with Gasteiger partial charge in [-0.3, -0.25) is 0 Å². The van der Waals surface area contributed by atoms with Gasteiger partial charge in [-0.25, -0.2) is 13.6 Å². The monoisotopic (exact) mass is 256 g/mol. The minimum atomic E-state index is -3.75. The van der Waals surface area contributed by atoms with Crippen molar-refractivity contribution in [3.63, 3.8) is 0 Å². The quantitative estimate of drug-likeness (QED) is 0.824. The largest absolute Gasteiger partial charge is 0.326 e. The van der Waals surface area contributed by atoms with Gasteiger partial charge in [0.05, 0.1) is 5.02 Å². The molecule has 0 amide bonds. The fraction of sp³-hybridized carbons (Fsp3) is 0.143. The molecular formula is C7H10Cl2N2O2S. The van der Waals surface area contributed by atoms with Crippen LogP contribution in [0.15, 0.2) is 23.1 Å². The Morgan fingerprint density at radius 1 is 1.36 bits per heavy atom. The van der Waals surface area contributed by atoms with E-state index >= 15 is 0 Å². The van der Waals surface area contributed by atoms with Crippen molar-refractivity contribution in [1.29, 1.82) is 0 Å². The van der Waals surface area contributed by atoms with Gasteiger partial charge in [0.15, 0.2) is 0 Å². The molecule has 0 radical (unpaired) electrons. The van der Waals surface area contributed by atoms with Crippen LogP contribution in [0.3, 0.4) is 0 Å². The van der Waals surface area contributed by atoms with E-state index in [0.717, 1.165) is 0 Å². The Balaban J connectivity index is 0.00000169. The number of halogens is 2. The molecule has 4 N–H and O–H groups in total. The molecule has 0 spiro atoms. The second kappa shape index (κ2) is 4.95. The zero-order valence-electron chi connectivity index (χ0n) is 7.10. The van der Waals surface area contributed by atoms with Gasteiger partial charge in [-0.1, -0.05) is 17.7 Å². The SMILES string of the molecule is Cl.NCc1ccc(Cl)c(S(N)(=O)=O)c1. The Hall–Kier alpha value is -0.330. The van der Waals surface area contributed by atoms with Gasteiger partial charge in [0.2, 0.25) is 10.0 Å². The van der Waals surface area contributed by atoms with Gasteiger partial charge >= 0.3 is 0 Å². The second-order valence-electron chi connectivity index (χ2n) is 2.51. The van der Waals surface area contributed by atoms with Crippen LogP contribution in [0, 0.1) is 0 Å². The van der Waals surface area contributed by atoms with E-state index in [2.05, 4.69) is 0 Å². The molecule has 0 aromatic heterocycles. The summed E-state index contributed by atoms with van der Waals surface area (Å²) < 4.78 is 21.9. The highest BCUT2D eigenvalue weighted by Gasteiger charge is 2.12. The average molecular weight is 257 g/mol. The number of sulfonamides is 1. The summed E-state index contributed by atoms with van der Waals surface area (Å²) in [4.78, 5) is -0.0860. The Labute approximate surface area is 93.7 Å². The summed E-state index contributed by atoms with van der Waals surface area (Å²) in [5, 5.41) is 5.04. The van der Waals surface area contributed by atoms with Gasteiger partial charge in [-0.2, -0.15) is 0 Å². The lowest BCUT2D eigenvalue weighted by Crippen LogP contribution is -2.13. The molecule has 0 saturated carbocycles.